The lowest BCUT2D eigenvalue weighted by atomic mass is 9.85. The lowest BCUT2D eigenvalue weighted by molar-refractivity contribution is 0.278. The summed E-state index contributed by atoms with van der Waals surface area (Å²) in [4.78, 5) is 4.51. The van der Waals surface area contributed by atoms with Gasteiger partial charge in [-0.2, -0.15) is 4.98 Å². The average Bonchev–Trinajstić information content (AvgIpc) is 3.15. The van der Waals surface area contributed by atoms with Gasteiger partial charge in [0.2, 0.25) is 5.89 Å². The molecule has 1 aromatic carbocycles. The molecule has 4 atom stereocenters. The normalized spacial score (nSPS) is 31.0. The maximum atomic E-state index is 13.2. The molecule has 4 nitrogen and oxygen atoms in total. The van der Waals surface area contributed by atoms with E-state index in [1.54, 1.807) is 6.07 Å². The van der Waals surface area contributed by atoms with Crippen molar-refractivity contribution in [1.29, 1.82) is 0 Å². The quantitative estimate of drug-likeness (QED) is 0.942. The number of halogens is 1. The Kier molecular flexibility index (Phi) is 3.03. The Hall–Kier alpha value is -1.75. The molecule has 2 N–H and O–H groups in total. The second-order valence-corrected chi connectivity index (χ2v) is 6.29. The van der Waals surface area contributed by atoms with Crippen LogP contribution in [-0.2, 0) is 6.42 Å². The van der Waals surface area contributed by atoms with Crippen LogP contribution < -0.4 is 5.73 Å². The van der Waals surface area contributed by atoms with Crippen molar-refractivity contribution in [3.8, 4) is 0 Å². The Morgan fingerprint density at radius 2 is 2.14 bits per heavy atom. The minimum Gasteiger partial charge on any atom is -0.339 e. The molecule has 4 rings (SSSR count). The first-order valence-electron chi connectivity index (χ1n) is 7.53. The minimum absolute atomic E-state index is 0.145. The molecule has 0 radical (unpaired) electrons. The van der Waals surface area contributed by atoms with Crippen molar-refractivity contribution in [3.05, 3.63) is 47.4 Å². The summed E-state index contributed by atoms with van der Waals surface area (Å²) in [5.74, 6) is 2.43. The fraction of sp³-hybridized carbons (Fsp3) is 0.500. The van der Waals surface area contributed by atoms with E-state index in [0.29, 0.717) is 30.0 Å². The zero-order valence-electron chi connectivity index (χ0n) is 11.7. The number of fused-ring (bicyclic) bond motifs is 2. The van der Waals surface area contributed by atoms with E-state index in [2.05, 4.69) is 10.1 Å². The summed E-state index contributed by atoms with van der Waals surface area (Å²) in [6, 6.07) is 6.63. The summed E-state index contributed by atoms with van der Waals surface area (Å²) in [6.45, 7) is 0. The molecule has 0 spiro atoms. The van der Waals surface area contributed by atoms with Crippen LogP contribution in [0.25, 0.3) is 0 Å². The van der Waals surface area contributed by atoms with Crippen LogP contribution in [0.1, 0.15) is 42.5 Å². The third-order valence-electron chi connectivity index (χ3n) is 5.00. The monoisotopic (exact) mass is 287 g/mol. The molecule has 110 valence electrons. The Balaban J connectivity index is 1.53. The zero-order chi connectivity index (χ0) is 14.4. The molecule has 1 aromatic heterocycles. The molecule has 2 aliphatic rings. The zero-order valence-corrected chi connectivity index (χ0v) is 11.7. The third-order valence-corrected chi connectivity index (χ3v) is 5.00. The van der Waals surface area contributed by atoms with Crippen LogP contribution in [0.3, 0.4) is 0 Å². The van der Waals surface area contributed by atoms with Crippen LogP contribution >= 0.6 is 0 Å². The van der Waals surface area contributed by atoms with Crippen LogP contribution in [0.5, 0.6) is 0 Å². The summed E-state index contributed by atoms with van der Waals surface area (Å²) in [7, 11) is 0. The van der Waals surface area contributed by atoms with Crippen molar-refractivity contribution >= 4 is 0 Å². The van der Waals surface area contributed by atoms with E-state index in [4.69, 9.17) is 10.3 Å². The molecular weight excluding hydrogens is 269 g/mol. The highest BCUT2D eigenvalue weighted by molar-refractivity contribution is 5.20. The Morgan fingerprint density at radius 3 is 2.90 bits per heavy atom. The molecule has 21 heavy (non-hydrogen) atoms. The molecule has 0 aliphatic heterocycles. The van der Waals surface area contributed by atoms with E-state index >= 15 is 0 Å². The fourth-order valence-corrected chi connectivity index (χ4v) is 4.01. The Bertz CT molecular complexity index is 654. The molecule has 5 heteroatoms. The van der Waals surface area contributed by atoms with Crippen LogP contribution in [-0.4, -0.2) is 16.2 Å². The second-order valence-electron chi connectivity index (χ2n) is 6.29. The summed E-state index contributed by atoms with van der Waals surface area (Å²) in [5.41, 5.74) is 7.15. The fourth-order valence-electron chi connectivity index (χ4n) is 4.01. The number of hydrogen-bond acceptors (Lipinski definition) is 4. The highest BCUT2D eigenvalue weighted by Crippen LogP contribution is 2.51. The van der Waals surface area contributed by atoms with Gasteiger partial charge in [0.15, 0.2) is 5.82 Å². The lowest BCUT2D eigenvalue weighted by Gasteiger charge is -2.24. The summed E-state index contributed by atoms with van der Waals surface area (Å²) in [6.07, 6.45) is 4.11. The predicted molar refractivity (Wildman–Crippen MR) is 75.1 cm³/mol. The molecular formula is C16H18FN3O. The van der Waals surface area contributed by atoms with Crippen molar-refractivity contribution in [2.45, 2.75) is 37.6 Å². The summed E-state index contributed by atoms with van der Waals surface area (Å²) >= 11 is 0. The molecule has 2 fully saturated rings. The van der Waals surface area contributed by atoms with Gasteiger partial charge in [-0.3, -0.25) is 0 Å². The van der Waals surface area contributed by atoms with Gasteiger partial charge < -0.3 is 10.3 Å². The highest BCUT2D eigenvalue weighted by atomic mass is 19.1. The molecule has 2 bridgehead atoms. The summed E-state index contributed by atoms with van der Waals surface area (Å²) in [5, 5.41) is 4.04. The van der Waals surface area contributed by atoms with Gasteiger partial charge >= 0.3 is 0 Å². The van der Waals surface area contributed by atoms with Crippen LogP contribution in [0.2, 0.25) is 0 Å². The highest BCUT2D eigenvalue weighted by Gasteiger charge is 2.48. The number of nitrogens with two attached hydrogens (primary N) is 1. The number of nitrogens with zero attached hydrogens (tertiary/aromatic N) is 2. The van der Waals surface area contributed by atoms with Gasteiger partial charge in [-0.15, -0.1) is 0 Å². The minimum atomic E-state index is -0.244. The molecule has 0 saturated heterocycles. The van der Waals surface area contributed by atoms with Crippen LogP contribution in [0.15, 0.2) is 28.8 Å². The standard InChI is InChI=1S/C16H18FN3O/c17-12-3-1-2-9(6-12)7-13-19-16(21-20-13)14-10-4-5-11(8-10)15(14)18/h1-3,6,10-11,14-15H,4-5,7-8,18H2. The molecule has 2 saturated carbocycles. The average molecular weight is 287 g/mol. The van der Waals surface area contributed by atoms with E-state index < -0.39 is 0 Å². The second kappa shape index (κ2) is 4.91. The van der Waals surface area contributed by atoms with E-state index in [9.17, 15) is 4.39 Å². The van der Waals surface area contributed by atoms with Gasteiger partial charge in [-0.25, -0.2) is 4.39 Å². The van der Waals surface area contributed by atoms with Gasteiger partial charge in [0, 0.05) is 12.5 Å². The summed E-state index contributed by atoms with van der Waals surface area (Å²) < 4.78 is 18.6. The van der Waals surface area contributed by atoms with Gasteiger partial charge in [-0.05, 0) is 48.8 Å². The van der Waals surface area contributed by atoms with Crippen molar-refractivity contribution in [2.24, 2.45) is 17.6 Å². The van der Waals surface area contributed by atoms with Crippen LogP contribution in [0, 0.1) is 17.7 Å². The first-order valence-corrected chi connectivity index (χ1v) is 7.53. The van der Waals surface area contributed by atoms with E-state index in [1.807, 2.05) is 6.07 Å². The molecule has 1 heterocycles. The predicted octanol–water partition coefficient (Wildman–Crippen LogP) is 2.64. The topological polar surface area (TPSA) is 64.9 Å². The SMILES string of the molecule is NC1C2CCC(C2)C1c1nc(Cc2cccc(F)c2)no1. The Morgan fingerprint density at radius 1 is 1.29 bits per heavy atom. The maximum Gasteiger partial charge on any atom is 0.231 e. The van der Waals surface area contributed by atoms with E-state index in [0.717, 1.165) is 5.56 Å². The van der Waals surface area contributed by atoms with Crippen molar-refractivity contribution in [1.82, 2.24) is 10.1 Å². The van der Waals surface area contributed by atoms with Crippen molar-refractivity contribution in [3.63, 3.8) is 0 Å². The molecule has 4 unspecified atom stereocenters. The van der Waals surface area contributed by atoms with Crippen LogP contribution in [0.4, 0.5) is 4.39 Å². The number of hydrogen-bond donors (Lipinski definition) is 1. The third kappa shape index (κ3) is 2.25. The first kappa shape index (κ1) is 13.0. The lowest BCUT2D eigenvalue weighted by Crippen LogP contribution is -2.34. The van der Waals surface area contributed by atoms with Crippen molar-refractivity contribution in [2.75, 3.05) is 0 Å². The van der Waals surface area contributed by atoms with E-state index in [1.165, 1.54) is 31.4 Å². The molecule has 2 aliphatic carbocycles. The Labute approximate surface area is 122 Å². The number of rotatable bonds is 3. The largest absolute Gasteiger partial charge is 0.339 e. The van der Waals surface area contributed by atoms with Gasteiger partial charge in [0.05, 0.1) is 5.92 Å². The first-order chi connectivity index (χ1) is 10.2. The molecule has 0 amide bonds. The smallest absolute Gasteiger partial charge is 0.231 e. The van der Waals surface area contributed by atoms with Crippen molar-refractivity contribution < 1.29 is 8.91 Å². The van der Waals surface area contributed by atoms with Gasteiger partial charge in [-0.1, -0.05) is 17.3 Å². The van der Waals surface area contributed by atoms with E-state index in [-0.39, 0.29) is 17.8 Å². The maximum absolute atomic E-state index is 13.2. The van der Waals surface area contributed by atoms with Gasteiger partial charge in [0.1, 0.15) is 5.82 Å². The number of aromatic nitrogens is 2. The van der Waals surface area contributed by atoms with Gasteiger partial charge in [0.25, 0.3) is 0 Å². The molecule has 2 aromatic rings. The number of benzene rings is 1.